The fourth-order valence-electron chi connectivity index (χ4n) is 2.53. The summed E-state index contributed by atoms with van der Waals surface area (Å²) in [4.78, 5) is 18.0. The van der Waals surface area contributed by atoms with Crippen molar-refractivity contribution in [1.82, 2.24) is 15.0 Å². The Hall–Kier alpha value is -2.68. The number of carbonyl (C=O) groups excluding carboxylic acids is 1. The van der Waals surface area contributed by atoms with Gasteiger partial charge in [0.15, 0.2) is 0 Å². The van der Waals surface area contributed by atoms with Gasteiger partial charge in [-0.3, -0.25) is 4.79 Å². The fourth-order valence-corrected chi connectivity index (χ4v) is 2.53. The van der Waals surface area contributed by atoms with Crippen molar-refractivity contribution in [2.45, 2.75) is 25.8 Å². The third-order valence-corrected chi connectivity index (χ3v) is 3.57. The van der Waals surface area contributed by atoms with Crippen molar-refractivity contribution in [3.63, 3.8) is 0 Å². The van der Waals surface area contributed by atoms with E-state index in [1.165, 1.54) is 12.1 Å². The summed E-state index contributed by atoms with van der Waals surface area (Å²) in [6.45, 7) is 2.26. The SMILES string of the molecule is CC#CC(=O)N1CCCC1c1nc(-c2ccc(F)cc2)no1. The molecule has 3 rings (SSSR count). The van der Waals surface area contributed by atoms with Gasteiger partial charge in [-0.15, -0.1) is 0 Å². The van der Waals surface area contributed by atoms with Crippen LogP contribution in [0, 0.1) is 17.7 Å². The Morgan fingerprint density at radius 1 is 1.41 bits per heavy atom. The van der Waals surface area contributed by atoms with Crippen LogP contribution in [-0.4, -0.2) is 27.5 Å². The van der Waals surface area contributed by atoms with Crippen LogP contribution < -0.4 is 0 Å². The summed E-state index contributed by atoms with van der Waals surface area (Å²) in [5.41, 5.74) is 0.667. The highest BCUT2D eigenvalue weighted by atomic mass is 19.1. The lowest BCUT2D eigenvalue weighted by Gasteiger charge is -2.18. The second-order valence-electron chi connectivity index (χ2n) is 4.99. The lowest BCUT2D eigenvalue weighted by Crippen LogP contribution is -2.29. The van der Waals surface area contributed by atoms with Crippen molar-refractivity contribution in [2.75, 3.05) is 6.54 Å². The third kappa shape index (κ3) is 2.70. The first kappa shape index (κ1) is 14.3. The quantitative estimate of drug-likeness (QED) is 0.800. The van der Waals surface area contributed by atoms with Gasteiger partial charge in [0.05, 0.1) is 0 Å². The molecule has 1 aliphatic rings. The highest BCUT2D eigenvalue weighted by Gasteiger charge is 2.33. The number of hydrogen-bond donors (Lipinski definition) is 0. The average molecular weight is 299 g/mol. The monoisotopic (exact) mass is 299 g/mol. The molecule has 112 valence electrons. The van der Waals surface area contributed by atoms with Gasteiger partial charge in [0.25, 0.3) is 5.91 Å². The summed E-state index contributed by atoms with van der Waals surface area (Å²) in [6.07, 6.45) is 1.64. The number of benzene rings is 1. The van der Waals surface area contributed by atoms with Crippen molar-refractivity contribution < 1.29 is 13.7 Å². The molecule has 0 saturated carbocycles. The third-order valence-electron chi connectivity index (χ3n) is 3.57. The second kappa shape index (κ2) is 5.98. The Bertz CT molecular complexity index is 743. The number of halogens is 1. The van der Waals surface area contributed by atoms with Gasteiger partial charge >= 0.3 is 0 Å². The molecule has 6 heteroatoms. The van der Waals surface area contributed by atoms with Crippen molar-refractivity contribution in [2.24, 2.45) is 0 Å². The Balaban J connectivity index is 1.84. The maximum Gasteiger partial charge on any atom is 0.299 e. The summed E-state index contributed by atoms with van der Waals surface area (Å²) in [6, 6.07) is 5.62. The van der Waals surface area contributed by atoms with Gasteiger partial charge in [-0.05, 0) is 50.0 Å². The Kier molecular flexibility index (Phi) is 3.88. The summed E-state index contributed by atoms with van der Waals surface area (Å²) < 4.78 is 18.2. The molecular weight excluding hydrogens is 285 g/mol. The highest BCUT2D eigenvalue weighted by molar-refractivity contribution is 5.93. The molecular formula is C16H14FN3O2. The largest absolute Gasteiger partial charge is 0.337 e. The van der Waals surface area contributed by atoms with Crippen molar-refractivity contribution in [3.8, 4) is 23.2 Å². The number of hydrogen-bond acceptors (Lipinski definition) is 4. The molecule has 0 aliphatic carbocycles. The molecule has 1 saturated heterocycles. The number of carbonyl (C=O) groups is 1. The van der Waals surface area contributed by atoms with E-state index in [1.54, 1.807) is 24.0 Å². The van der Waals surface area contributed by atoms with Gasteiger partial charge in [-0.2, -0.15) is 4.98 Å². The molecule has 1 amide bonds. The summed E-state index contributed by atoms with van der Waals surface area (Å²) in [7, 11) is 0. The first-order valence-electron chi connectivity index (χ1n) is 7.02. The lowest BCUT2D eigenvalue weighted by molar-refractivity contribution is -0.126. The maximum atomic E-state index is 12.9. The predicted molar refractivity (Wildman–Crippen MR) is 76.8 cm³/mol. The van der Waals surface area contributed by atoms with Gasteiger partial charge in [0, 0.05) is 12.1 Å². The fraction of sp³-hybridized carbons (Fsp3) is 0.312. The zero-order valence-electron chi connectivity index (χ0n) is 12.0. The van der Waals surface area contributed by atoms with E-state index >= 15 is 0 Å². The normalized spacial score (nSPS) is 17.2. The molecule has 0 spiro atoms. The molecule has 1 unspecified atom stereocenters. The zero-order valence-corrected chi connectivity index (χ0v) is 12.0. The Morgan fingerprint density at radius 3 is 2.91 bits per heavy atom. The van der Waals surface area contributed by atoms with Crippen LogP contribution in [0.15, 0.2) is 28.8 Å². The van der Waals surface area contributed by atoms with Gasteiger partial charge in [-0.25, -0.2) is 4.39 Å². The molecule has 2 aromatic rings. The van der Waals surface area contributed by atoms with Crippen LogP contribution in [-0.2, 0) is 4.79 Å². The first-order chi connectivity index (χ1) is 10.7. The number of amides is 1. The Labute approximate surface area is 127 Å². The lowest BCUT2D eigenvalue weighted by atomic mass is 10.2. The summed E-state index contributed by atoms with van der Waals surface area (Å²) in [5, 5.41) is 3.92. The van der Waals surface area contributed by atoms with Crippen LogP contribution in [0.5, 0.6) is 0 Å². The number of rotatable bonds is 2. The van der Waals surface area contributed by atoms with Gasteiger partial charge < -0.3 is 9.42 Å². The van der Waals surface area contributed by atoms with E-state index in [4.69, 9.17) is 4.52 Å². The minimum Gasteiger partial charge on any atom is -0.337 e. The van der Waals surface area contributed by atoms with Crippen LogP contribution in [0.4, 0.5) is 4.39 Å². The molecule has 0 radical (unpaired) electrons. The van der Waals surface area contributed by atoms with Crippen molar-refractivity contribution in [1.29, 1.82) is 0 Å². The molecule has 5 nitrogen and oxygen atoms in total. The summed E-state index contributed by atoms with van der Waals surface area (Å²) in [5.74, 6) is 5.37. The van der Waals surface area contributed by atoms with Crippen LogP contribution >= 0.6 is 0 Å². The number of likely N-dealkylation sites (tertiary alicyclic amines) is 1. The van der Waals surface area contributed by atoms with Gasteiger partial charge in [0.2, 0.25) is 11.7 Å². The van der Waals surface area contributed by atoms with E-state index in [0.29, 0.717) is 23.8 Å². The molecule has 22 heavy (non-hydrogen) atoms. The zero-order chi connectivity index (χ0) is 15.5. The van der Waals surface area contributed by atoms with Crippen LogP contribution in [0.25, 0.3) is 11.4 Å². The second-order valence-corrected chi connectivity index (χ2v) is 4.99. The molecule has 0 bridgehead atoms. The Morgan fingerprint density at radius 2 is 2.18 bits per heavy atom. The van der Waals surface area contributed by atoms with Crippen LogP contribution in [0.1, 0.15) is 31.7 Å². The number of aromatic nitrogens is 2. The first-order valence-corrected chi connectivity index (χ1v) is 7.02. The molecule has 1 fully saturated rings. The van der Waals surface area contributed by atoms with Crippen molar-refractivity contribution in [3.05, 3.63) is 36.0 Å². The molecule has 1 aromatic carbocycles. The predicted octanol–water partition coefficient (Wildman–Crippen LogP) is 2.56. The standard InChI is InChI=1S/C16H14FN3O2/c1-2-4-14(21)20-10-3-5-13(20)16-18-15(19-22-16)11-6-8-12(17)9-7-11/h6-9,13H,3,5,10H2,1H3. The van der Waals surface area contributed by atoms with Gasteiger partial charge in [-0.1, -0.05) is 11.1 Å². The number of nitrogens with zero attached hydrogens (tertiary/aromatic N) is 3. The maximum absolute atomic E-state index is 12.9. The van der Waals surface area contributed by atoms with Gasteiger partial charge in [0.1, 0.15) is 11.9 Å². The van der Waals surface area contributed by atoms with E-state index < -0.39 is 0 Å². The minimum atomic E-state index is -0.321. The van der Waals surface area contributed by atoms with E-state index in [1.807, 2.05) is 0 Å². The van der Waals surface area contributed by atoms with E-state index in [0.717, 1.165) is 12.8 Å². The molecule has 1 aromatic heterocycles. The molecule has 1 aliphatic heterocycles. The average Bonchev–Trinajstić information content (AvgIpc) is 3.17. The molecule has 2 heterocycles. The van der Waals surface area contributed by atoms with Crippen LogP contribution in [0.2, 0.25) is 0 Å². The summed E-state index contributed by atoms with van der Waals surface area (Å²) >= 11 is 0. The molecule has 0 N–H and O–H groups in total. The topological polar surface area (TPSA) is 59.2 Å². The molecule has 1 atom stereocenters. The van der Waals surface area contributed by atoms with E-state index in [9.17, 15) is 9.18 Å². The smallest absolute Gasteiger partial charge is 0.299 e. The van der Waals surface area contributed by atoms with E-state index in [-0.39, 0.29) is 17.8 Å². The minimum absolute atomic E-state index is 0.230. The highest BCUT2D eigenvalue weighted by Crippen LogP contribution is 2.31. The van der Waals surface area contributed by atoms with Crippen LogP contribution in [0.3, 0.4) is 0 Å². The van der Waals surface area contributed by atoms with Crippen molar-refractivity contribution >= 4 is 5.91 Å². The van der Waals surface area contributed by atoms with E-state index in [2.05, 4.69) is 22.0 Å².